The number of hydrogen-bond donors (Lipinski definition) is 2. The number of nitrogens with one attached hydrogen (secondary N) is 1. The summed E-state index contributed by atoms with van der Waals surface area (Å²) in [5.41, 5.74) is 6.43. The highest BCUT2D eigenvalue weighted by atomic mass is 35.5. The Morgan fingerprint density at radius 2 is 2.06 bits per heavy atom. The second-order valence-corrected chi connectivity index (χ2v) is 3.65. The standard InChI is InChI=1S/C11H15N3O.ClH/c12-11(15)10-8-13-6-7-14(10)9-4-2-1-3-5-9;/h1-5,10,13H,6-8H2,(H2,12,15);1H. The summed E-state index contributed by atoms with van der Waals surface area (Å²) in [7, 11) is 0. The summed E-state index contributed by atoms with van der Waals surface area (Å²) in [4.78, 5) is 13.3. The fourth-order valence-corrected chi connectivity index (χ4v) is 1.89. The van der Waals surface area contributed by atoms with Gasteiger partial charge in [0.2, 0.25) is 5.91 Å². The summed E-state index contributed by atoms with van der Waals surface area (Å²) in [6, 6.07) is 9.67. The molecule has 0 aromatic heterocycles. The van der Waals surface area contributed by atoms with Gasteiger partial charge in [-0.05, 0) is 12.1 Å². The largest absolute Gasteiger partial charge is 0.368 e. The van der Waals surface area contributed by atoms with Crippen molar-refractivity contribution in [2.24, 2.45) is 5.73 Å². The molecule has 4 nitrogen and oxygen atoms in total. The number of para-hydroxylation sites is 1. The van der Waals surface area contributed by atoms with E-state index in [0.717, 1.165) is 18.8 Å². The molecular weight excluding hydrogens is 226 g/mol. The Hall–Kier alpha value is -1.26. The van der Waals surface area contributed by atoms with E-state index < -0.39 is 0 Å². The number of nitrogens with two attached hydrogens (primary N) is 1. The fourth-order valence-electron chi connectivity index (χ4n) is 1.89. The first-order valence-electron chi connectivity index (χ1n) is 5.11. The van der Waals surface area contributed by atoms with Gasteiger partial charge >= 0.3 is 0 Å². The summed E-state index contributed by atoms with van der Waals surface area (Å²) < 4.78 is 0. The maximum Gasteiger partial charge on any atom is 0.241 e. The predicted octanol–water partition coefficient (Wildman–Crippen LogP) is 0.372. The lowest BCUT2D eigenvalue weighted by Gasteiger charge is -2.35. The number of benzene rings is 1. The molecule has 0 bridgehead atoms. The van der Waals surface area contributed by atoms with Crippen LogP contribution in [0.5, 0.6) is 0 Å². The van der Waals surface area contributed by atoms with Gasteiger partial charge < -0.3 is 16.0 Å². The number of primary amides is 1. The minimum Gasteiger partial charge on any atom is -0.368 e. The van der Waals surface area contributed by atoms with Crippen LogP contribution in [0.2, 0.25) is 0 Å². The number of anilines is 1. The van der Waals surface area contributed by atoms with Crippen LogP contribution >= 0.6 is 12.4 Å². The summed E-state index contributed by atoms with van der Waals surface area (Å²) in [5, 5.41) is 3.17. The minimum atomic E-state index is -0.272. The Kier molecular flexibility index (Phi) is 4.58. The van der Waals surface area contributed by atoms with E-state index in [9.17, 15) is 4.79 Å². The lowest BCUT2D eigenvalue weighted by molar-refractivity contribution is -0.119. The van der Waals surface area contributed by atoms with Gasteiger partial charge in [0, 0.05) is 25.3 Å². The Balaban J connectivity index is 0.00000128. The normalized spacial score (nSPS) is 20.0. The van der Waals surface area contributed by atoms with Gasteiger partial charge in [0.05, 0.1) is 0 Å². The summed E-state index contributed by atoms with van der Waals surface area (Å²) in [5.74, 6) is -0.272. The van der Waals surface area contributed by atoms with Crippen LogP contribution in [0.1, 0.15) is 0 Å². The van der Waals surface area contributed by atoms with Crippen LogP contribution in [-0.2, 0) is 4.79 Å². The van der Waals surface area contributed by atoms with Gasteiger partial charge in [0.1, 0.15) is 6.04 Å². The molecule has 1 atom stereocenters. The van der Waals surface area contributed by atoms with Crippen molar-refractivity contribution in [1.82, 2.24) is 5.32 Å². The number of carbonyl (C=O) groups excluding carboxylic acids is 1. The highest BCUT2D eigenvalue weighted by molar-refractivity contribution is 5.85. The Morgan fingerprint density at radius 1 is 1.38 bits per heavy atom. The molecule has 1 aliphatic heterocycles. The summed E-state index contributed by atoms with van der Waals surface area (Å²) >= 11 is 0. The van der Waals surface area contributed by atoms with E-state index in [2.05, 4.69) is 10.2 Å². The monoisotopic (exact) mass is 241 g/mol. The molecule has 0 aliphatic carbocycles. The second kappa shape index (κ2) is 5.72. The highest BCUT2D eigenvalue weighted by Crippen LogP contribution is 2.17. The van der Waals surface area contributed by atoms with E-state index in [-0.39, 0.29) is 24.4 Å². The molecule has 88 valence electrons. The van der Waals surface area contributed by atoms with Gasteiger partial charge in [-0.15, -0.1) is 12.4 Å². The zero-order valence-electron chi connectivity index (χ0n) is 8.93. The molecule has 0 spiro atoms. The minimum absolute atomic E-state index is 0. The number of rotatable bonds is 2. The van der Waals surface area contributed by atoms with Crippen molar-refractivity contribution in [3.8, 4) is 0 Å². The molecule has 1 aliphatic rings. The molecule has 0 radical (unpaired) electrons. The molecule has 1 heterocycles. The van der Waals surface area contributed by atoms with E-state index in [1.807, 2.05) is 30.3 Å². The third-order valence-electron chi connectivity index (χ3n) is 2.66. The predicted molar refractivity (Wildman–Crippen MR) is 66.9 cm³/mol. The maximum absolute atomic E-state index is 11.3. The third-order valence-corrected chi connectivity index (χ3v) is 2.66. The average molecular weight is 242 g/mol. The highest BCUT2D eigenvalue weighted by Gasteiger charge is 2.26. The second-order valence-electron chi connectivity index (χ2n) is 3.65. The molecular formula is C11H16ClN3O. The van der Waals surface area contributed by atoms with Crippen molar-refractivity contribution in [2.45, 2.75) is 6.04 Å². The zero-order chi connectivity index (χ0) is 10.7. The summed E-state index contributed by atoms with van der Waals surface area (Å²) in [6.07, 6.45) is 0. The lowest BCUT2D eigenvalue weighted by atomic mass is 10.1. The van der Waals surface area contributed by atoms with Crippen LogP contribution in [0.3, 0.4) is 0 Å². The van der Waals surface area contributed by atoms with Crippen molar-refractivity contribution in [3.05, 3.63) is 30.3 Å². The Bertz CT molecular complexity index is 344. The molecule has 1 saturated heterocycles. The third kappa shape index (κ3) is 2.65. The van der Waals surface area contributed by atoms with Gasteiger partial charge in [-0.2, -0.15) is 0 Å². The average Bonchev–Trinajstić information content (AvgIpc) is 2.30. The van der Waals surface area contributed by atoms with Gasteiger partial charge in [0.25, 0.3) is 0 Å². The van der Waals surface area contributed by atoms with Crippen molar-refractivity contribution in [3.63, 3.8) is 0 Å². The maximum atomic E-state index is 11.3. The SMILES string of the molecule is Cl.NC(=O)C1CNCCN1c1ccccc1. The number of hydrogen-bond acceptors (Lipinski definition) is 3. The van der Waals surface area contributed by atoms with Gasteiger partial charge in [-0.25, -0.2) is 0 Å². The first kappa shape index (κ1) is 12.8. The number of carbonyl (C=O) groups is 1. The van der Waals surface area contributed by atoms with Crippen LogP contribution in [0.15, 0.2) is 30.3 Å². The molecule has 1 fully saturated rings. The summed E-state index contributed by atoms with van der Waals surface area (Å²) in [6.45, 7) is 2.33. The molecule has 2 rings (SSSR count). The van der Waals surface area contributed by atoms with Crippen LogP contribution < -0.4 is 16.0 Å². The van der Waals surface area contributed by atoms with Crippen molar-refractivity contribution < 1.29 is 4.79 Å². The van der Waals surface area contributed by atoms with E-state index in [4.69, 9.17) is 5.73 Å². The lowest BCUT2D eigenvalue weighted by Crippen LogP contribution is -2.57. The number of amides is 1. The quantitative estimate of drug-likeness (QED) is 0.787. The van der Waals surface area contributed by atoms with E-state index in [1.54, 1.807) is 0 Å². The topological polar surface area (TPSA) is 58.4 Å². The Labute approximate surface area is 101 Å². The zero-order valence-corrected chi connectivity index (χ0v) is 9.74. The van der Waals surface area contributed by atoms with Crippen molar-refractivity contribution in [2.75, 3.05) is 24.5 Å². The number of halogens is 1. The van der Waals surface area contributed by atoms with Crippen LogP contribution in [-0.4, -0.2) is 31.6 Å². The molecule has 3 N–H and O–H groups in total. The van der Waals surface area contributed by atoms with Crippen LogP contribution in [0.25, 0.3) is 0 Å². The molecule has 16 heavy (non-hydrogen) atoms. The van der Waals surface area contributed by atoms with Crippen molar-refractivity contribution in [1.29, 1.82) is 0 Å². The first-order valence-corrected chi connectivity index (χ1v) is 5.11. The van der Waals surface area contributed by atoms with E-state index in [0.29, 0.717) is 6.54 Å². The molecule has 0 saturated carbocycles. The van der Waals surface area contributed by atoms with E-state index >= 15 is 0 Å². The number of piperazine rings is 1. The first-order chi connectivity index (χ1) is 7.29. The molecule has 1 aromatic carbocycles. The Morgan fingerprint density at radius 3 is 2.69 bits per heavy atom. The molecule has 5 heteroatoms. The van der Waals surface area contributed by atoms with Crippen molar-refractivity contribution >= 4 is 24.0 Å². The smallest absolute Gasteiger partial charge is 0.241 e. The fraction of sp³-hybridized carbons (Fsp3) is 0.364. The van der Waals surface area contributed by atoms with Gasteiger partial charge in [-0.1, -0.05) is 18.2 Å². The van der Waals surface area contributed by atoms with E-state index in [1.165, 1.54) is 0 Å². The van der Waals surface area contributed by atoms with Gasteiger partial charge in [0.15, 0.2) is 0 Å². The van der Waals surface area contributed by atoms with Crippen LogP contribution in [0.4, 0.5) is 5.69 Å². The molecule has 1 unspecified atom stereocenters. The van der Waals surface area contributed by atoms with Crippen LogP contribution in [0, 0.1) is 0 Å². The molecule has 1 aromatic rings. The molecule has 1 amide bonds. The number of nitrogens with zero attached hydrogens (tertiary/aromatic N) is 1. The van der Waals surface area contributed by atoms with Gasteiger partial charge in [-0.3, -0.25) is 4.79 Å².